The molecule has 0 spiro atoms. The van der Waals surface area contributed by atoms with Gasteiger partial charge in [-0.15, -0.1) is 11.3 Å². The van der Waals surface area contributed by atoms with Crippen molar-refractivity contribution in [3.63, 3.8) is 0 Å². The Hall–Kier alpha value is -1.74. The molecule has 0 aliphatic carbocycles. The third kappa shape index (κ3) is 3.22. The van der Waals surface area contributed by atoms with Gasteiger partial charge in [-0.3, -0.25) is 9.63 Å². The molecule has 0 radical (unpaired) electrons. The molecule has 8 heteroatoms. The fourth-order valence-corrected chi connectivity index (χ4v) is 4.90. The van der Waals surface area contributed by atoms with E-state index in [0.29, 0.717) is 12.1 Å². The SMILES string of the molecule is CON(C)S(=O)(=O)c1ccc(C(=O)N2CCc3sccc3[C@H]2C)cc1. The molecule has 1 atom stereocenters. The van der Waals surface area contributed by atoms with Crippen LogP contribution in [0, 0.1) is 0 Å². The number of rotatable bonds is 4. The third-order valence-corrected chi connectivity index (χ3v) is 7.22. The highest BCUT2D eigenvalue weighted by Gasteiger charge is 2.29. The van der Waals surface area contributed by atoms with Crippen molar-refractivity contribution in [2.45, 2.75) is 24.3 Å². The summed E-state index contributed by atoms with van der Waals surface area (Å²) in [6.07, 6.45) is 0.855. The van der Waals surface area contributed by atoms with Crippen LogP contribution >= 0.6 is 11.3 Å². The van der Waals surface area contributed by atoms with Crippen LogP contribution in [0.1, 0.15) is 33.8 Å². The van der Waals surface area contributed by atoms with Crippen LogP contribution in [-0.4, -0.2) is 44.4 Å². The van der Waals surface area contributed by atoms with E-state index in [-0.39, 0.29) is 16.8 Å². The van der Waals surface area contributed by atoms with E-state index in [2.05, 4.69) is 11.4 Å². The summed E-state index contributed by atoms with van der Waals surface area (Å²) in [6, 6.07) is 8.06. The smallest absolute Gasteiger partial charge is 0.264 e. The van der Waals surface area contributed by atoms with Crippen LogP contribution in [0.3, 0.4) is 0 Å². The number of sulfonamides is 1. The summed E-state index contributed by atoms with van der Waals surface area (Å²) >= 11 is 1.73. The van der Waals surface area contributed by atoms with E-state index in [9.17, 15) is 13.2 Å². The first kappa shape index (κ1) is 18.1. The van der Waals surface area contributed by atoms with Gasteiger partial charge in [-0.25, -0.2) is 8.42 Å². The molecule has 1 aromatic carbocycles. The van der Waals surface area contributed by atoms with E-state index in [1.54, 1.807) is 23.5 Å². The van der Waals surface area contributed by atoms with Gasteiger partial charge in [-0.2, -0.15) is 0 Å². The van der Waals surface area contributed by atoms with E-state index < -0.39 is 10.0 Å². The Bertz CT molecular complexity index is 874. The monoisotopic (exact) mass is 380 g/mol. The maximum absolute atomic E-state index is 12.8. The lowest BCUT2D eigenvalue weighted by Gasteiger charge is -2.33. The van der Waals surface area contributed by atoms with Gasteiger partial charge in [0, 0.05) is 24.0 Å². The van der Waals surface area contributed by atoms with E-state index in [1.165, 1.54) is 36.7 Å². The molecule has 1 aliphatic heterocycles. The van der Waals surface area contributed by atoms with Crippen LogP contribution in [0.25, 0.3) is 0 Å². The molecule has 0 saturated carbocycles. The normalized spacial score (nSPS) is 17.6. The van der Waals surface area contributed by atoms with E-state index in [4.69, 9.17) is 4.84 Å². The molecule has 0 unspecified atom stereocenters. The number of amides is 1. The molecule has 3 rings (SSSR count). The first-order chi connectivity index (χ1) is 11.9. The Balaban J connectivity index is 1.83. The number of benzene rings is 1. The number of nitrogens with zero attached hydrogens (tertiary/aromatic N) is 2. The fraction of sp³-hybridized carbons (Fsp3) is 0.353. The Labute approximate surface area is 151 Å². The molecule has 0 bridgehead atoms. The number of carbonyl (C=O) groups is 1. The Kier molecular flexibility index (Phi) is 4.97. The second-order valence-electron chi connectivity index (χ2n) is 5.85. The molecule has 1 aromatic heterocycles. The highest BCUT2D eigenvalue weighted by atomic mass is 32.2. The van der Waals surface area contributed by atoms with Gasteiger partial charge in [0.05, 0.1) is 18.0 Å². The van der Waals surface area contributed by atoms with Crippen LogP contribution in [0.5, 0.6) is 0 Å². The van der Waals surface area contributed by atoms with E-state index in [1.807, 2.05) is 11.8 Å². The molecular formula is C17H20N2O4S2. The lowest BCUT2D eigenvalue weighted by atomic mass is 10.0. The van der Waals surface area contributed by atoms with E-state index in [0.717, 1.165) is 10.9 Å². The molecule has 6 nitrogen and oxygen atoms in total. The largest absolute Gasteiger partial charge is 0.331 e. The molecule has 1 amide bonds. The summed E-state index contributed by atoms with van der Waals surface area (Å²) in [6.45, 7) is 2.69. The zero-order valence-corrected chi connectivity index (χ0v) is 15.9. The van der Waals surface area contributed by atoms with Crippen molar-refractivity contribution >= 4 is 27.3 Å². The van der Waals surface area contributed by atoms with Gasteiger partial charge < -0.3 is 4.90 Å². The van der Waals surface area contributed by atoms with Crippen LogP contribution < -0.4 is 0 Å². The number of hydroxylamine groups is 1. The van der Waals surface area contributed by atoms with Gasteiger partial charge in [0.15, 0.2) is 0 Å². The van der Waals surface area contributed by atoms with Crippen molar-refractivity contribution < 1.29 is 18.0 Å². The van der Waals surface area contributed by atoms with Crippen molar-refractivity contribution in [2.75, 3.05) is 20.7 Å². The Morgan fingerprint density at radius 3 is 2.60 bits per heavy atom. The van der Waals surface area contributed by atoms with Gasteiger partial charge in [-0.05, 0) is 54.6 Å². The molecular weight excluding hydrogens is 360 g/mol. The molecule has 0 N–H and O–H groups in total. The zero-order valence-electron chi connectivity index (χ0n) is 14.3. The minimum Gasteiger partial charge on any atom is -0.331 e. The number of hydrogen-bond donors (Lipinski definition) is 0. The topological polar surface area (TPSA) is 66.9 Å². The summed E-state index contributed by atoms with van der Waals surface area (Å²) in [4.78, 5) is 20.8. The van der Waals surface area contributed by atoms with Crippen LogP contribution in [0.4, 0.5) is 0 Å². The molecule has 134 valence electrons. The van der Waals surface area contributed by atoms with Gasteiger partial charge in [0.1, 0.15) is 0 Å². The van der Waals surface area contributed by atoms with Gasteiger partial charge in [0.2, 0.25) is 0 Å². The lowest BCUT2D eigenvalue weighted by molar-refractivity contribution is -0.0258. The van der Waals surface area contributed by atoms with Crippen LogP contribution in [0.15, 0.2) is 40.6 Å². The van der Waals surface area contributed by atoms with Crippen molar-refractivity contribution in [2.24, 2.45) is 0 Å². The average molecular weight is 380 g/mol. The number of carbonyl (C=O) groups excluding carboxylic acids is 1. The van der Waals surface area contributed by atoms with Crippen molar-refractivity contribution in [1.29, 1.82) is 0 Å². The van der Waals surface area contributed by atoms with Crippen molar-refractivity contribution in [3.05, 3.63) is 51.7 Å². The number of thiophene rings is 1. The quantitative estimate of drug-likeness (QED) is 0.765. The Morgan fingerprint density at radius 2 is 1.96 bits per heavy atom. The predicted molar refractivity (Wildman–Crippen MR) is 95.9 cm³/mol. The predicted octanol–water partition coefficient (Wildman–Crippen LogP) is 2.69. The molecule has 2 aromatic rings. The van der Waals surface area contributed by atoms with Crippen LogP contribution in [-0.2, 0) is 21.3 Å². The van der Waals surface area contributed by atoms with Crippen molar-refractivity contribution in [1.82, 2.24) is 9.37 Å². The summed E-state index contributed by atoms with van der Waals surface area (Å²) in [7, 11) is -1.11. The molecule has 25 heavy (non-hydrogen) atoms. The third-order valence-electron chi connectivity index (χ3n) is 4.53. The fourth-order valence-electron chi connectivity index (χ4n) is 2.97. The molecule has 0 fully saturated rings. The minimum absolute atomic E-state index is 0.0190. The minimum atomic E-state index is -3.71. The Morgan fingerprint density at radius 1 is 1.28 bits per heavy atom. The second-order valence-corrected chi connectivity index (χ2v) is 8.78. The standard InChI is InChI=1S/C17H20N2O4S2/c1-12-15-9-11-24-16(15)8-10-19(12)17(20)13-4-6-14(7-5-13)25(21,22)18(2)23-3/h4-7,9,11-12H,8,10H2,1-3H3/t12-/m1/s1. The number of fused-ring (bicyclic) bond motifs is 1. The van der Waals surface area contributed by atoms with Gasteiger partial charge >= 0.3 is 0 Å². The average Bonchev–Trinajstić information content (AvgIpc) is 3.10. The maximum atomic E-state index is 12.8. The van der Waals surface area contributed by atoms with Crippen molar-refractivity contribution in [3.8, 4) is 0 Å². The summed E-state index contributed by atoms with van der Waals surface area (Å²) < 4.78 is 25.2. The molecule has 0 saturated heterocycles. The van der Waals surface area contributed by atoms with Crippen LogP contribution in [0.2, 0.25) is 0 Å². The molecule has 1 aliphatic rings. The molecule has 2 heterocycles. The van der Waals surface area contributed by atoms with Gasteiger partial charge in [0.25, 0.3) is 15.9 Å². The lowest BCUT2D eigenvalue weighted by Crippen LogP contribution is -2.38. The highest BCUT2D eigenvalue weighted by molar-refractivity contribution is 7.89. The maximum Gasteiger partial charge on any atom is 0.264 e. The highest BCUT2D eigenvalue weighted by Crippen LogP contribution is 2.33. The summed E-state index contributed by atoms with van der Waals surface area (Å²) in [5.41, 5.74) is 1.68. The zero-order chi connectivity index (χ0) is 18.2. The van der Waals surface area contributed by atoms with E-state index >= 15 is 0 Å². The first-order valence-corrected chi connectivity index (χ1v) is 10.2. The summed E-state index contributed by atoms with van der Waals surface area (Å²) in [5.74, 6) is -0.0894. The summed E-state index contributed by atoms with van der Waals surface area (Å²) in [5, 5.41) is 2.06. The first-order valence-electron chi connectivity index (χ1n) is 7.86. The second kappa shape index (κ2) is 6.87. The van der Waals surface area contributed by atoms with Gasteiger partial charge in [-0.1, -0.05) is 4.47 Å². The number of hydrogen-bond acceptors (Lipinski definition) is 5.